The van der Waals surface area contributed by atoms with Gasteiger partial charge in [-0.25, -0.2) is 4.98 Å². The van der Waals surface area contributed by atoms with E-state index in [1.807, 2.05) is 32.0 Å². The number of hydrogen-bond acceptors (Lipinski definition) is 3. The molecule has 0 aliphatic rings. The molecule has 3 heteroatoms. The summed E-state index contributed by atoms with van der Waals surface area (Å²) in [6.45, 7) is 5.57. The average molecular weight is 207 g/mol. The third-order valence-corrected chi connectivity index (χ3v) is 2.53. The van der Waals surface area contributed by atoms with E-state index < -0.39 is 0 Å². The van der Waals surface area contributed by atoms with E-state index in [1.165, 1.54) is 0 Å². The number of carbonyl (C=O) groups excluding carboxylic acids is 1. The topological polar surface area (TPSA) is 30.0 Å². The Kier molecular flexibility index (Phi) is 3.77. The van der Waals surface area contributed by atoms with Crippen molar-refractivity contribution in [3.8, 4) is 0 Å². The van der Waals surface area contributed by atoms with Crippen molar-refractivity contribution < 1.29 is 4.79 Å². The zero-order chi connectivity index (χ0) is 10.6. The molecule has 14 heavy (non-hydrogen) atoms. The molecule has 0 saturated carbocycles. The van der Waals surface area contributed by atoms with Crippen LogP contribution in [0.2, 0.25) is 0 Å². The van der Waals surface area contributed by atoms with Crippen molar-refractivity contribution >= 4 is 27.3 Å². The number of carbonyl (C=O) groups is 1. The summed E-state index contributed by atoms with van der Waals surface area (Å²) in [5, 5.41) is 0. The summed E-state index contributed by atoms with van der Waals surface area (Å²) in [7, 11) is 0. The van der Waals surface area contributed by atoms with Crippen LogP contribution in [0.25, 0.3) is 10.2 Å². The van der Waals surface area contributed by atoms with Gasteiger partial charge in [0.25, 0.3) is 0 Å². The molecule has 1 aromatic carbocycles. The lowest BCUT2D eigenvalue weighted by Gasteiger charge is -1.93. The van der Waals surface area contributed by atoms with Crippen molar-refractivity contribution in [2.75, 3.05) is 0 Å². The molecule has 0 radical (unpaired) electrons. The fourth-order valence-corrected chi connectivity index (χ4v) is 1.79. The predicted molar refractivity (Wildman–Crippen MR) is 61.0 cm³/mol. The number of fused-ring (bicyclic) bond motifs is 1. The van der Waals surface area contributed by atoms with Crippen LogP contribution in [0.5, 0.6) is 0 Å². The van der Waals surface area contributed by atoms with Crippen LogP contribution in [0, 0.1) is 0 Å². The smallest absolute Gasteiger partial charge is 0.159 e. The van der Waals surface area contributed by atoms with Crippen LogP contribution in [-0.2, 0) is 0 Å². The van der Waals surface area contributed by atoms with Crippen LogP contribution in [0.1, 0.15) is 31.1 Å². The summed E-state index contributed by atoms with van der Waals surface area (Å²) in [6.07, 6.45) is 0. The monoisotopic (exact) mass is 207 g/mol. The first-order valence-corrected chi connectivity index (χ1v) is 5.49. The minimum Gasteiger partial charge on any atom is -0.295 e. The number of hydrogen-bond donors (Lipinski definition) is 0. The first kappa shape index (κ1) is 10.9. The molecule has 0 atom stereocenters. The van der Waals surface area contributed by atoms with E-state index in [9.17, 15) is 4.79 Å². The van der Waals surface area contributed by atoms with E-state index in [2.05, 4.69) is 4.98 Å². The highest BCUT2D eigenvalue weighted by molar-refractivity contribution is 7.16. The second-order valence-electron chi connectivity index (χ2n) is 2.59. The molecular formula is C11H13NOS. The van der Waals surface area contributed by atoms with Gasteiger partial charge in [0.15, 0.2) is 5.78 Å². The van der Waals surface area contributed by atoms with Crippen molar-refractivity contribution in [2.45, 2.75) is 20.8 Å². The summed E-state index contributed by atoms with van der Waals surface area (Å²) in [4.78, 5) is 15.1. The van der Waals surface area contributed by atoms with Gasteiger partial charge in [0.2, 0.25) is 0 Å². The number of benzene rings is 1. The van der Waals surface area contributed by atoms with Crippen molar-refractivity contribution in [3.05, 3.63) is 29.3 Å². The van der Waals surface area contributed by atoms with Gasteiger partial charge >= 0.3 is 0 Å². The van der Waals surface area contributed by atoms with E-state index in [-0.39, 0.29) is 5.78 Å². The predicted octanol–water partition coefficient (Wildman–Crippen LogP) is 3.53. The average Bonchev–Trinajstić information content (AvgIpc) is 2.67. The largest absolute Gasteiger partial charge is 0.295 e. The minimum absolute atomic E-state index is 0.102. The molecule has 2 nitrogen and oxygen atoms in total. The van der Waals surface area contributed by atoms with Gasteiger partial charge in [-0.2, -0.15) is 0 Å². The Labute approximate surface area is 87.6 Å². The van der Waals surface area contributed by atoms with Crippen LogP contribution in [0.3, 0.4) is 0 Å². The van der Waals surface area contributed by atoms with Gasteiger partial charge in [0.05, 0.1) is 15.7 Å². The lowest BCUT2D eigenvalue weighted by molar-refractivity contribution is 0.101. The highest BCUT2D eigenvalue weighted by Gasteiger charge is 2.01. The van der Waals surface area contributed by atoms with E-state index in [1.54, 1.807) is 23.8 Å². The van der Waals surface area contributed by atoms with Gasteiger partial charge in [-0.05, 0) is 25.1 Å². The van der Waals surface area contributed by atoms with Crippen molar-refractivity contribution in [1.29, 1.82) is 0 Å². The fourth-order valence-electron chi connectivity index (χ4n) is 1.07. The summed E-state index contributed by atoms with van der Waals surface area (Å²) in [6, 6.07) is 5.57. The molecule has 0 unspecified atom stereocenters. The summed E-state index contributed by atoms with van der Waals surface area (Å²) in [5.74, 6) is 0.102. The van der Waals surface area contributed by atoms with Gasteiger partial charge < -0.3 is 0 Å². The Balaban J connectivity index is 0.000000461. The Bertz CT molecular complexity index is 434. The van der Waals surface area contributed by atoms with Gasteiger partial charge in [-0.15, -0.1) is 11.3 Å². The van der Waals surface area contributed by atoms with E-state index in [4.69, 9.17) is 0 Å². The minimum atomic E-state index is 0.102. The number of thiazole rings is 1. The lowest BCUT2D eigenvalue weighted by Crippen LogP contribution is -1.89. The summed E-state index contributed by atoms with van der Waals surface area (Å²) < 4.78 is 1.07. The van der Waals surface area contributed by atoms with Crippen LogP contribution >= 0.6 is 11.3 Å². The molecule has 2 aromatic rings. The first-order chi connectivity index (χ1) is 6.77. The molecule has 0 aliphatic carbocycles. The van der Waals surface area contributed by atoms with Crippen molar-refractivity contribution in [3.63, 3.8) is 0 Å². The number of nitrogens with zero attached hydrogens (tertiary/aromatic N) is 1. The molecule has 0 spiro atoms. The zero-order valence-electron chi connectivity index (χ0n) is 8.57. The van der Waals surface area contributed by atoms with Crippen molar-refractivity contribution in [2.24, 2.45) is 0 Å². The molecule has 1 heterocycles. The van der Waals surface area contributed by atoms with E-state index >= 15 is 0 Å². The number of rotatable bonds is 1. The van der Waals surface area contributed by atoms with Crippen LogP contribution in [0.4, 0.5) is 0 Å². The maximum absolute atomic E-state index is 11.0. The lowest BCUT2D eigenvalue weighted by atomic mass is 10.1. The maximum atomic E-state index is 11.0. The van der Waals surface area contributed by atoms with Crippen LogP contribution < -0.4 is 0 Å². The molecule has 0 saturated heterocycles. The number of Topliss-reactive ketones (excluding diaryl/α,β-unsaturated/α-hetero) is 1. The number of aromatic nitrogens is 1. The Morgan fingerprint density at radius 3 is 2.71 bits per heavy atom. The highest BCUT2D eigenvalue weighted by atomic mass is 32.1. The first-order valence-electron chi connectivity index (χ1n) is 4.61. The molecular weight excluding hydrogens is 194 g/mol. The SMILES string of the molecule is CC.CC(=O)c1ccc2ncsc2c1. The third-order valence-electron chi connectivity index (χ3n) is 1.74. The van der Waals surface area contributed by atoms with E-state index in [0.717, 1.165) is 15.8 Å². The normalized spacial score (nSPS) is 9.36. The molecule has 0 N–H and O–H groups in total. The van der Waals surface area contributed by atoms with Crippen LogP contribution in [-0.4, -0.2) is 10.8 Å². The van der Waals surface area contributed by atoms with Crippen LogP contribution in [0.15, 0.2) is 23.7 Å². The standard InChI is InChI=1S/C9H7NOS.C2H6/c1-6(11)7-2-3-8-9(4-7)12-5-10-8;1-2/h2-5H,1H3;1-2H3. The van der Waals surface area contributed by atoms with E-state index in [0.29, 0.717) is 0 Å². The molecule has 1 aromatic heterocycles. The van der Waals surface area contributed by atoms with Gasteiger partial charge in [0.1, 0.15) is 0 Å². The molecule has 0 fully saturated rings. The van der Waals surface area contributed by atoms with Gasteiger partial charge in [-0.3, -0.25) is 4.79 Å². The Morgan fingerprint density at radius 2 is 2.07 bits per heavy atom. The Morgan fingerprint density at radius 1 is 1.36 bits per heavy atom. The Hall–Kier alpha value is -1.22. The van der Waals surface area contributed by atoms with Crippen molar-refractivity contribution in [1.82, 2.24) is 4.98 Å². The fraction of sp³-hybridized carbons (Fsp3) is 0.273. The van der Waals surface area contributed by atoms with Gasteiger partial charge in [0, 0.05) is 5.56 Å². The quantitative estimate of drug-likeness (QED) is 0.670. The maximum Gasteiger partial charge on any atom is 0.159 e. The van der Waals surface area contributed by atoms with Gasteiger partial charge in [-0.1, -0.05) is 13.8 Å². The molecule has 0 bridgehead atoms. The summed E-state index contributed by atoms with van der Waals surface area (Å²) >= 11 is 1.56. The number of ketones is 1. The highest BCUT2D eigenvalue weighted by Crippen LogP contribution is 2.18. The molecule has 2 rings (SSSR count). The second kappa shape index (κ2) is 4.86. The second-order valence-corrected chi connectivity index (χ2v) is 3.48. The zero-order valence-corrected chi connectivity index (χ0v) is 9.39. The molecule has 0 amide bonds. The molecule has 0 aliphatic heterocycles. The third kappa shape index (κ3) is 2.17. The molecule has 74 valence electrons. The summed E-state index contributed by atoms with van der Waals surface area (Å²) in [5.41, 5.74) is 3.51.